The molecule has 3 rings (SSSR count). The second-order valence-electron chi connectivity index (χ2n) is 6.77. The van der Waals surface area contributed by atoms with Crippen molar-refractivity contribution in [3.63, 3.8) is 0 Å². The molecule has 0 spiro atoms. The molecule has 5 nitrogen and oxygen atoms in total. The fourth-order valence-corrected chi connectivity index (χ4v) is 3.54. The van der Waals surface area contributed by atoms with E-state index in [-0.39, 0.29) is 17.6 Å². The molecule has 2 heterocycles. The summed E-state index contributed by atoms with van der Waals surface area (Å²) in [5.74, 6) is -0.831. The molecule has 0 saturated carbocycles. The zero-order valence-electron chi connectivity index (χ0n) is 15.5. The first-order chi connectivity index (χ1) is 12.6. The van der Waals surface area contributed by atoms with E-state index < -0.39 is 0 Å². The molecule has 1 aromatic carbocycles. The van der Waals surface area contributed by atoms with Crippen LogP contribution in [0.15, 0.2) is 30.0 Å². The van der Waals surface area contributed by atoms with Crippen LogP contribution >= 0.6 is 0 Å². The van der Waals surface area contributed by atoms with Gasteiger partial charge in [-0.1, -0.05) is 32.4 Å². The van der Waals surface area contributed by atoms with E-state index in [0.717, 1.165) is 32.5 Å². The van der Waals surface area contributed by atoms with Crippen molar-refractivity contribution in [1.82, 2.24) is 14.7 Å². The summed E-state index contributed by atoms with van der Waals surface area (Å²) >= 11 is 0. The number of rotatable bonds is 6. The number of likely N-dealkylation sites (N-methyl/N-ethyl adjacent to an activating group) is 1. The van der Waals surface area contributed by atoms with Crippen molar-refractivity contribution in [1.29, 1.82) is 0 Å². The first-order valence-corrected chi connectivity index (χ1v) is 9.40. The van der Waals surface area contributed by atoms with Crippen LogP contribution in [-0.4, -0.2) is 65.8 Å². The monoisotopic (exact) mass is 359 g/mol. The third kappa shape index (κ3) is 3.51. The Balaban J connectivity index is 1.96. The lowest BCUT2D eigenvalue weighted by molar-refractivity contribution is -0.137. The van der Waals surface area contributed by atoms with E-state index in [1.807, 2.05) is 11.8 Å². The van der Waals surface area contributed by atoms with Crippen LogP contribution in [0.4, 0.5) is 4.39 Å². The lowest BCUT2D eigenvalue weighted by atomic mass is 10.0. The quantitative estimate of drug-likeness (QED) is 0.732. The van der Waals surface area contributed by atoms with Crippen LogP contribution in [0.2, 0.25) is 0 Å². The summed E-state index contributed by atoms with van der Waals surface area (Å²) in [6, 6.07) is 5.84. The van der Waals surface area contributed by atoms with Crippen molar-refractivity contribution in [3.8, 4) is 0 Å². The summed E-state index contributed by atoms with van der Waals surface area (Å²) in [4.78, 5) is 31.7. The van der Waals surface area contributed by atoms with Crippen LogP contribution in [-0.2, 0) is 9.59 Å². The zero-order chi connectivity index (χ0) is 18.7. The summed E-state index contributed by atoms with van der Waals surface area (Å²) < 4.78 is 13.3. The predicted molar refractivity (Wildman–Crippen MR) is 98.6 cm³/mol. The highest BCUT2D eigenvalue weighted by Gasteiger charge is 2.41. The van der Waals surface area contributed by atoms with E-state index >= 15 is 0 Å². The van der Waals surface area contributed by atoms with Gasteiger partial charge in [0.05, 0.1) is 5.57 Å². The van der Waals surface area contributed by atoms with Gasteiger partial charge in [-0.05, 0) is 30.7 Å². The Hall–Kier alpha value is -2.21. The maximum absolute atomic E-state index is 13.3. The Morgan fingerprint density at radius 1 is 0.962 bits per heavy atom. The summed E-state index contributed by atoms with van der Waals surface area (Å²) in [6.07, 6.45) is 1.69. The number of imide groups is 1. The molecule has 140 valence electrons. The van der Waals surface area contributed by atoms with Crippen LogP contribution in [0.25, 0.3) is 5.57 Å². The number of carbonyl (C=O) groups excluding carboxylic acids is 2. The Bertz CT molecular complexity index is 706. The highest BCUT2D eigenvalue weighted by atomic mass is 19.1. The summed E-state index contributed by atoms with van der Waals surface area (Å²) in [5.41, 5.74) is 1.50. The highest BCUT2D eigenvalue weighted by molar-refractivity contribution is 6.35. The van der Waals surface area contributed by atoms with Gasteiger partial charge in [-0.25, -0.2) is 4.39 Å². The summed E-state index contributed by atoms with van der Waals surface area (Å²) in [5, 5.41) is 0. The number of halogens is 1. The molecule has 1 fully saturated rings. The third-order valence-electron chi connectivity index (χ3n) is 5.15. The van der Waals surface area contributed by atoms with Crippen LogP contribution in [0, 0.1) is 5.82 Å². The second-order valence-corrected chi connectivity index (χ2v) is 6.77. The molecule has 2 aliphatic rings. The first-order valence-electron chi connectivity index (χ1n) is 9.40. The molecule has 1 saturated heterocycles. The number of amides is 2. The number of carbonyl (C=O) groups is 2. The summed E-state index contributed by atoms with van der Waals surface area (Å²) in [6.45, 7) is 8.73. The number of hydrogen-bond acceptors (Lipinski definition) is 4. The van der Waals surface area contributed by atoms with Crippen molar-refractivity contribution in [3.05, 3.63) is 41.3 Å². The van der Waals surface area contributed by atoms with E-state index in [4.69, 9.17) is 0 Å². The van der Waals surface area contributed by atoms with Crippen LogP contribution in [0.1, 0.15) is 32.3 Å². The van der Waals surface area contributed by atoms with Crippen molar-refractivity contribution >= 4 is 17.4 Å². The van der Waals surface area contributed by atoms with Gasteiger partial charge in [0.25, 0.3) is 11.8 Å². The Kier molecular flexibility index (Phi) is 5.71. The Morgan fingerprint density at radius 3 is 2.19 bits per heavy atom. The lowest BCUT2D eigenvalue weighted by Crippen LogP contribution is -2.47. The number of hydrogen-bond donors (Lipinski definition) is 0. The van der Waals surface area contributed by atoms with Gasteiger partial charge >= 0.3 is 0 Å². The normalized spacial score (nSPS) is 19.0. The molecule has 0 aliphatic carbocycles. The maximum Gasteiger partial charge on any atom is 0.277 e. The molecule has 1 aromatic rings. The standard InChI is InChI=1S/C20H26FN3O2/c1-3-5-10-24-19(25)17(15-6-8-16(21)9-7-15)18(20(24)26)23-13-11-22(4-2)12-14-23/h6-9H,3-5,10-14H2,1-2H3. The molecule has 0 bridgehead atoms. The molecule has 6 heteroatoms. The molecular weight excluding hydrogens is 333 g/mol. The van der Waals surface area contributed by atoms with E-state index in [2.05, 4.69) is 11.8 Å². The van der Waals surface area contributed by atoms with Gasteiger partial charge in [0.1, 0.15) is 11.5 Å². The smallest absolute Gasteiger partial charge is 0.277 e. The van der Waals surface area contributed by atoms with Crippen LogP contribution < -0.4 is 0 Å². The Labute approximate surface area is 154 Å². The van der Waals surface area contributed by atoms with E-state index in [1.54, 1.807) is 12.1 Å². The molecular formula is C20H26FN3O2. The van der Waals surface area contributed by atoms with Crippen molar-refractivity contribution < 1.29 is 14.0 Å². The molecule has 2 amide bonds. The van der Waals surface area contributed by atoms with Crippen molar-refractivity contribution in [2.45, 2.75) is 26.7 Å². The molecule has 0 radical (unpaired) electrons. The van der Waals surface area contributed by atoms with E-state index in [1.165, 1.54) is 17.0 Å². The van der Waals surface area contributed by atoms with Gasteiger partial charge in [-0.3, -0.25) is 14.5 Å². The lowest BCUT2D eigenvalue weighted by Gasteiger charge is -2.36. The van der Waals surface area contributed by atoms with Gasteiger partial charge in [-0.2, -0.15) is 0 Å². The third-order valence-corrected chi connectivity index (χ3v) is 5.15. The topological polar surface area (TPSA) is 43.9 Å². The largest absolute Gasteiger partial charge is 0.364 e. The molecule has 0 N–H and O–H groups in total. The summed E-state index contributed by atoms with van der Waals surface area (Å²) in [7, 11) is 0. The van der Waals surface area contributed by atoms with Gasteiger partial charge in [0, 0.05) is 32.7 Å². The zero-order valence-corrected chi connectivity index (χ0v) is 15.5. The van der Waals surface area contributed by atoms with E-state index in [0.29, 0.717) is 36.5 Å². The van der Waals surface area contributed by atoms with Gasteiger partial charge in [-0.15, -0.1) is 0 Å². The molecule has 0 atom stereocenters. The second kappa shape index (κ2) is 7.99. The minimum Gasteiger partial charge on any atom is -0.364 e. The first kappa shape index (κ1) is 18.6. The molecule has 2 aliphatic heterocycles. The highest BCUT2D eigenvalue weighted by Crippen LogP contribution is 2.32. The van der Waals surface area contributed by atoms with Gasteiger partial charge in [0.2, 0.25) is 0 Å². The minimum atomic E-state index is -0.355. The van der Waals surface area contributed by atoms with Gasteiger partial charge < -0.3 is 9.80 Å². The number of unbranched alkanes of at least 4 members (excludes halogenated alkanes) is 1. The molecule has 26 heavy (non-hydrogen) atoms. The van der Waals surface area contributed by atoms with Crippen molar-refractivity contribution in [2.75, 3.05) is 39.3 Å². The van der Waals surface area contributed by atoms with Crippen LogP contribution in [0.5, 0.6) is 0 Å². The fraction of sp³-hybridized carbons (Fsp3) is 0.500. The molecule has 0 unspecified atom stereocenters. The number of piperazine rings is 1. The SMILES string of the molecule is CCCCN1C(=O)C(c2ccc(F)cc2)=C(N2CCN(CC)CC2)C1=O. The van der Waals surface area contributed by atoms with Crippen molar-refractivity contribution in [2.24, 2.45) is 0 Å². The fourth-order valence-electron chi connectivity index (χ4n) is 3.54. The molecule has 0 aromatic heterocycles. The van der Waals surface area contributed by atoms with Crippen LogP contribution in [0.3, 0.4) is 0 Å². The van der Waals surface area contributed by atoms with E-state index in [9.17, 15) is 14.0 Å². The maximum atomic E-state index is 13.3. The number of benzene rings is 1. The average Bonchev–Trinajstić information content (AvgIpc) is 2.91. The Morgan fingerprint density at radius 2 is 1.62 bits per heavy atom. The number of nitrogens with zero attached hydrogens (tertiary/aromatic N) is 3. The minimum absolute atomic E-state index is 0.215. The average molecular weight is 359 g/mol. The van der Waals surface area contributed by atoms with Gasteiger partial charge in [0.15, 0.2) is 0 Å². The predicted octanol–water partition coefficient (Wildman–Crippen LogP) is 2.34.